The van der Waals surface area contributed by atoms with Crippen LogP contribution in [0, 0.1) is 11.8 Å². The van der Waals surface area contributed by atoms with Gasteiger partial charge in [-0.25, -0.2) is 0 Å². The average Bonchev–Trinajstić information content (AvgIpc) is 2.46. The second-order valence-corrected chi connectivity index (χ2v) is 2.86. The number of fused-ring (bicyclic) bond motifs is 1. The SMILES string of the molecule is Cl.OC[C@@H]1NC[C@@H]2CC21. The van der Waals surface area contributed by atoms with Gasteiger partial charge < -0.3 is 10.4 Å². The summed E-state index contributed by atoms with van der Waals surface area (Å²) in [6.07, 6.45) is 1.36. The number of halogens is 1. The number of aliphatic hydroxyl groups excluding tert-OH is 1. The Balaban J connectivity index is 0.000000405. The van der Waals surface area contributed by atoms with Crippen molar-refractivity contribution in [2.45, 2.75) is 12.5 Å². The van der Waals surface area contributed by atoms with E-state index in [1.807, 2.05) is 0 Å². The fraction of sp³-hybridized carbons (Fsp3) is 1.00. The van der Waals surface area contributed by atoms with Crippen LogP contribution in [0.25, 0.3) is 0 Å². The van der Waals surface area contributed by atoms with Crippen molar-refractivity contribution in [3.05, 3.63) is 0 Å². The summed E-state index contributed by atoms with van der Waals surface area (Å²) in [4.78, 5) is 0. The molecule has 0 bridgehead atoms. The Morgan fingerprint density at radius 1 is 1.56 bits per heavy atom. The van der Waals surface area contributed by atoms with Crippen molar-refractivity contribution in [1.29, 1.82) is 0 Å². The van der Waals surface area contributed by atoms with Crippen molar-refractivity contribution < 1.29 is 5.11 Å². The third-order valence-electron chi connectivity index (χ3n) is 2.33. The molecule has 54 valence electrons. The fourth-order valence-electron chi connectivity index (χ4n) is 1.65. The summed E-state index contributed by atoms with van der Waals surface area (Å²) < 4.78 is 0. The molecule has 2 fully saturated rings. The highest BCUT2D eigenvalue weighted by Gasteiger charge is 2.47. The zero-order valence-corrected chi connectivity index (χ0v) is 6.03. The second kappa shape index (κ2) is 2.45. The van der Waals surface area contributed by atoms with Crippen LogP contribution in [0.1, 0.15) is 6.42 Å². The number of hydrogen-bond donors (Lipinski definition) is 2. The summed E-state index contributed by atoms with van der Waals surface area (Å²) in [6.45, 7) is 1.48. The van der Waals surface area contributed by atoms with Crippen LogP contribution >= 0.6 is 12.4 Å². The van der Waals surface area contributed by atoms with Crippen LogP contribution in [0.2, 0.25) is 0 Å². The predicted molar refractivity (Wildman–Crippen MR) is 37.7 cm³/mol. The Morgan fingerprint density at radius 2 is 2.33 bits per heavy atom. The summed E-state index contributed by atoms with van der Waals surface area (Å²) >= 11 is 0. The summed E-state index contributed by atoms with van der Waals surface area (Å²) in [5.41, 5.74) is 0. The molecule has 0 aromatic carbocycles. The predicted octanol–water partition coefficient (Wildman–Crippen LogP) is 0.00840. The quantitative estimate of drug-likeness (QED) is 0.551. The first-order valence-corrected chi connectivity index (χ1v) is 3.26. The molecule has 9 heavy (non-hydrogen) atoms. The first kappa shape index (κ1) is 7.32. The second-order valence-electron chi connectivity index (χ2n) is 2.86. The standard InChI is InChI=1S/C6H11NO.ClH/c8-3-6-5-1-4(5)2-7-6;/h4-8H,1-3H2;1H/t4-,5?,6-;/m0./s1. The Bertz CT molecular complexity index is 109. The molecule has 1 saturated heterocycles. The average molecular weight is 150 g/mol. The normalized spacial score (nSPS) is 45.7. The topological polar surface area (TPSA) is 32.3 Å². The van der Waals surface area contributed by atoms with Gasteiger partial charge in [0.1, 0.15) is 0 Å². The van der Waals surface area contributed by atoms with E-state index >= 15 is 0 Å². The van der Waals surface area contributed by atoms with E-state index in [0.29, 0.717) is 12.6 Å². The monoisotopic (exact) mass is 149 g/mol. The Kier molecular flexibility index (Phi) is 1.99. The molecule has 2 N–H and O–H groups in total. The molecule has 1 heterocycles. The Hall–Kier alpha value is 0.210. The van der Waals surface area contributed by atoms with E-state index in [-0.39, 0.29) is 12.4 Å². The lowest BCUT2D eigenvalue weighted by Gasteiger charge is -2.06. The van der Waals surface area contributed by atoms with E-state index in [2.05, 4.69) is 5.32 Å². The lowest BCUT2D eigenvalue weighted by molar-refractivity contribution is 0.242. The van der Waals surface area contributed by atoms with Crippen molar-refractivity contribution in [2.75, 3.05) is 13.2 Å². The molecule has 0 aromatic heterocycles. The molecule has 0 spiro atoms. The number of aliphatic hydroxyl groups is 1. The maximum absolute atomic E-state index is 8.70. The number of nitrogens with one attached hydrogen (secondary N) is 1. The molecule has 2 nitrogen and oxygen atoms in total. The molecule has 2 aliphatic rings. The summed E-state index contributed by atoms with van der Waals surface area (Å²) in [7, 11) is 0. The first-order chi connectivity index (χ1) is 3.92. The highest BCUT2D eigenvalue weighted by atomic mass is 35.5. The summed E-state index contributed by atoms with van der Waals surface area (Å²) in [6, 6.07) is 0.444. The summed E-state index contributed by atoms with van der Waals surface area (Å²) in [5, 5.41) is 12.0. The van der Waals surface area contributed by atoms with E-state index in [9.17, 15) is 0 Å². The molecular weight excluding hydrogens is 138 g/mol. The smallest absolute Gasteiger partial charge is 0.0587 e. The third-order valence-corrected chi connectivity index (χ3v) is 2.33. The molecule has 1 unspecified atom stereocenters. The van der Waals surface area contributed by atoms with E-state index in [4.69, 9.17) is 5.11 Å². The number of hydrogen-bond acceptors (Lipinski definition) is 2. The Morgan fingerprint density at radius 3 is 2.56 bits per heavy atom. The van der Waals surface area contributed by atoms with Gasteiger partial charge in [0, 0.05) is 6.04 Å². The zero-order valence-electron chi connectivity index (χ0n) is 5.21. The van der Waals surface area contributed by atoms with Gasteiger partial charge in [-0.1, -0.05) is 0 Å². The lowest BCUT2D eigenvalue weighted by Crippen LogP contribution is -2.29. The van der Waals surface area contributed by atoms with Gasteiger partial charge in [-0.15, -0.1) is 12.4 Å². The molecule has 0 aromatic rings. The van der Waals surface area contributed by atoms with Crippen molar-refractivity contribution in [2.24, 2.45) is 11.8 Å². The van der Waals surface area contributed by atoms with Crippen LogP contribution in [0.5, 0.6) is 0 Å². The van der Waals surface area contributed by atoms with Gasteiger partial charge in [0.2, 0.25) is 0 Å². The van der Waals surface area contributed by atoms with Gasteiger partial charge in [-0.05, 0) is 24.8 Å². The van der Waals surface area contributed by atoms with Crippen molar-refractivity contribution in [1.82, 2.24) is 5.32 Å². The zero-order chi connectivity index (χ0) is 5.56. The highest BCUT2D eigenvalue weighted by Crippen LogP contribution is 2.44. The summed E-state index contributed by atoms with van der Waals surface area (Å²) in [5.74, 6) is 1.76. The third kappa shape index (κ3) is 1.07. The Labute approximate surface area is 61.0 Å². The van der Waals surface area contributed by atoms with Crippen molar-refractivity contribution in [3.63, 3.8) is 0 Å². The van der Waals surface area contributed by atoms with E-state index in [1.165, 1.54) is 6.42 Å². The molecule has 1 aliphatic heterocycles. The first-order valence-electron chi connectivity index (χ1n) is 3.26. The maximum Gasteiger partial charge on any atom is 0.0587 e. The maximum atomic E-state index is 8.70. The lowest BCUT2D eigenvalue weighted by atomic mass is 10.2. The molecule has 2 rings (SSSR count). The minimum absolute atomic E-state index is 0. The van der Waals surface area contributed by atoms with Crippen LogP contribution in [-0.4, -0.2) is 24.3 Å². The van der Waals surface area contributed by atoms with Crippen LogP contribution < -0.4 is 5.32 Å². The highest BCUT2D eigenvalue weighted by molar-refractivity contribution is 5.85. The van der Waals surface area contributed by atoms with Gasteiger partial charge >= 0.3 is 0 Å². The van der Waals surface area contributed by atoms with Gasteiger partial charge in [0.15, 0.2) is 0 Å². The van der Waals surface area contributed by atoms with Gasteiger partial charge in [0.25, 0.3) is 0 Å². The van der Waals surface area contributed by atoms with Crippen LogP contribution in [0.4, 0.5) is 0 Å². The molecule has 3 atom stereocenters. The molecule has 1 saturated carbocycles. The molecule has 0 radical (unpaired) electrons. The molecule has 0 amide bonds. The molecule has 3 heteroatoms. The minimum Gasteiger partial charge on any atom is -0.395 e. The number of rotatable bonds is 1. The van der Waals surface area contributed by atoms with Crippen LogP contribution in [0.3, 0.4) is 0 Å². The van der Waals surface area contributed by atoms with Crippen LogP contribution in [-0.2, 0) is 0 Å². The fourth-order valence-corrected chi connectivity index (χ4v) is 1.65. The van der Waals surface area contributed by atoms with E-state index in [1.54, 1.807) is 0 Å². The van der Waals surface area contributed by atoms with Crippen LogP contribution in [0.15, 0.2) is 0 Å². The van der Waals surface area contributed by atoms with Gasteiger partial charge in [0.05, 0.1) is 6.61 Å². The van der Waals surface area contributed by atoms with E-state index < -0.39 is 0 Å². The minimum atomic E-state index is 0. The molecule has 1 aliphatic carbocycles. The van der Waals surface area contributed by atoms with Gasteiger partial charge in [-0.2, -0.15) is 0 Å². The largest absolute Gasteiger partial charge is 0.395 e. The molecular formula is C6H12ClNO. The van der Waals surface area contributed by atoms with E-state index in [0.717, 1.165) is 18.4 Å². The van der Waals surface area contributed by atoms with Crippen molar-refractivity contribution in [3.8, 4) is 0 Å². The van der Waals surface area contributed by atoms with Gasteiger partial charge in [-0.3, -0.25) is 0 Å². The van der Waals surface area contributed by atoms with Crippen molar-refractivity contribution >= 4 is 12.4 Å². The number of piperidine rings is 1.